The van der Waals surface area contributed by atoms with E-state index in [1.54, 1.807) is 0 Å². The Morgan fingerprint density at radius 3 is 2.94 bits per heavy atom. The predicted molar refractivity (Wildman–Crippen MR) is 64.3 cm³/mol. The highest BCUT2D eigenvalue weighted by Gasteiger charge is 2.38. The maximum absolute atomic E-state index is 13.3. The summed E-state index contributed by atoms with van der Waals surface area (Å²) < 4.78 is 26.7. The Kier molecular flexibility index (Phi) is 4.17. The van der Waals surface area contributed by atoms with Crippen molar-refractivity contribution in [3.63, 3.8) is 0 Å². The van der Waals surface area contributed by atoms with Crippen LogP contribution >= 0.6 is 0 Å². The number of piperazine rings is 1. The van der Waals surface area contributed by atoms with Crippen LogP contribution in [-0.2, 0) is 4.79 Å². The molecule has 0 aromatic carbocycles. The lowest BCUT2D eigenvalue weighted by molar-refractivity contribution is -0.124. The molecule has 1 saturated carbocycles. The first kappa shape index (κ1) is 13.7. The number of rotatable bonds is 3. The van der Waals surface area contributed by atoms with Gasteiger partial charge in [0.1, 0.15) is 6.04 Å². The molecule has 0 aromatic heterocycles. The molecule has 1 aliphatic heterocycles. The van der Waals surface area contributed by atoms with Gasteiger partial charge in [-0.3, -0.25) is 9.69 Å². The summed E-state index contributed by atoms with van der Waals surface area (Å²) in [6.07, 6.45) is 1.35. The number of carbonyl (C=O) groups is 1. The van der Waals surface area contributed by atoms with E-state index in [1.165, 1.54) is 0 Å². The van der Waals surface area contributed by atoms with E-state index < -0.39 is 5.92 Å². The fourth-order valence-electron chi connectivity index (χ4n) is 3.01. The van der Waals surface area contributed by atoms with E-state index in [0.717, 1.165) is 13.0 Å². The number of primary amides is 1. The van der Waals surface area contributed by atoms with Gasteiger partial charge in [-0.15, -0.1) is 0 Å². The van der Waals surface area contributed by atoms with Crippen molar-refractivity contribution in [1.82, 2.24) is 10.2 Å². The van der Waals surface area contributed by atoms with Crippen LogP contribution in [0.25, 0.3) is 0 Å². The molecule has 1 heterocycles. The molecule has 104 valence electrons. The predicted octanol–water partition coefficient (Wildman–Crippen LogP) is 0.571. The van der Waals surface area contributed by atoms with Gasteiger partial charge in [-0.1, -0.05) is 0 Å². The van der Waals surface area contributed by atoms with Crippen molar-refractivity contribution in [3.8, 4) is 0 Å². The third-order valence-corrected chi connectivity index (χ3v) is 3.92. The number of halogens is 2. The van der Waals surface area contributed by atoms with E-state index in [9.17, 15) is 13.6 Å². The van der Waals surface area contributed by atoms with E-state index >= 15 is 0 Å². The fourth-order valence-corrected chi connectivity index (χ4v) is 3.01. The highest BCUT2D eigenvalue weighted by Crippen LogP contribution is 2.37. The molecular weight excluding hydrogens is 240 g/mol. The topological polar surface area (TPSA) is 58.4 Å². The number of hydrogen-bond donors (Lipinski definition) is 2. The second-order valence-corrected chi connectivity index (χ2v) is 5.44. The monoisotopic (exact) mass is 261 g/mol. The largest absolute Gasteiger partial charge is 0.368 e. The maximum atomic E-state index is 13.3. The Morgan fingerprint density at radius 1 is 1.50 bits per heavy atom. The molecule has 2 rings (SSSR count). The molecule has 2 aliphatic rings. The van der Waals surface area contributed by atoms with Crippen LogP contribution in [0, 0.1) is 5.92 Å². The minimum Gasteiger partial charge on any atom is -0.368 e. The highest BCUT2D eigenvalue weighted by atomic mass is 19.3. The Balaban J connectivity index is 1.92. The standard InChI is InChI=1S/C12H21F2N3O/c13-12(14)3-1-2-9(6-12)8-17-5-4-16-7-10(17)11(15)18/h9-10,16H,1-8H2,(H2,15,18). The van der Waals surface area contributed by atoms with Crippen LogP contribution in [0.3, 0.4) is 0 Å². The summed E-state index contributed by atoms with van der Waals surface area (Å²) in [6.45, 7) is 2.58. The van der Waals surface area contributed by atoms with Crippen molar-refractivity contribution in [3.05, 3.63) is 0 Å². The lowest BCUT2D eigenvalue weighted by atomic mass is 9.86. The number of nitrogens with zero attached hydrogens (tertiary/aromatic N) is 1. The van der Waals surface area contributed by atoms with Crippen molar-refractivity contribution >= 4 is 5.91 Å². The molecule has 1 aliphatic carbocycles. The van der Waals surface area contributed by atoms with Crippen LogP contribution in [0.4, 0.5) is 8.78 Å². The van der Waals surface area contributed by atoms with Gasteiger partial charge < -0.3 is 11.1 Å². The summed E-state index contributed by atoms with van der Waals surface area (Å²) in [5.74, 6) is -2.92. The van der Waals surface area contributed by atoms with Gasteiger partial charge in [0, 0.05) is 39.0 Å². The first-order chi connectivity index (χ1) is 8.48. The van der Waals surface area contributed by atoms with Crippen LogP contribution in [-0.4, -0.2) is 49.0 Å². The zero-order valence-corrected chi connectivity index (χ0v) is 10.5. The molecule has 1 saturated heterocycles. The maximum Gasteiger partial charge on any atom is 0.248 e. The van der Waals surface area contributed by atoms with E-state index in [1.807, 2.05) is 4.90 Å². The molecule has 3 N–H and O–H groups in total. The van der Waals surface area contributed by atoms with Crippen LogP contribution in [0.5, 0.6) is 0 Å². The number of alkyl halides is 2. The van der Waals surface area contributed by atoms with Crippen LogP contribution in [0.15, 0.2) is 0 Å². The molecule has 2 unspecified atom stereocenters. The summed E-state index contributed by atoms with van der Waals surface area (Å²) in [5.41, 5.74) is 5.35. The van der Waals surface area contributed by atoms with Crippen molar-refractivity contribution in [2.75, 3.05) is 26.2 Å². The van der Waals surface area contributed by atoms with Gasteiger partial charge in [0.25, 0.3) is 0 Å². The van der Waals surface area contributed by atoms with Gasteiger partial charge in [-0.05, 0) is 18.8 Å². The summed E-state index contributed by atoms with van der Waals surface area (Å²) >= 11 is 0. The zero-order valence-electron chi connectivity index (χ0n) is 10.5. The summed E-state index contributed by atoms with van der Waals surface area (Å²) in [4.78, 5) is 13.3. The third kappa shape index (κ3) is 3.38. The number of carbonyl (C=O) groups excluding carboxylic acids is 1. The van der Waals surface area contributed by atoms with E-state index in [-0.39, 0.29) is 30.7 Å². The van der Waals surface area contributed by atoms with Crippen molar-refractivity contribution in [1.29, 1.82) is 0 Å². The van der Waals surface area contributed by atoms with E-state index in [0.29, 0.717) is 26.1 Å². The van der Waals surface area contributed by atoms with Crippen LogP contribution < -0.4 is 11.1 Å². The normalized spacial score (nSPS) is 33.2. The quantitative estimate of drug-likeness (QED) is 0.781. The van der Waals surface area contributed by atoms with Gasteiger partial charge in [-0.2, -0.15) is 0 Å². The number of hydrogen-bond acceptors (Lipinski definition) is 3. The summed E-state index contributed by atoms with van der Waals surface area (Å²) in [6, 6.07) is -0.353. The van der Waals surface area contributed by atoms with E-state index in [2.05, 4.69) is 5.32 Å². The molecule has 6 heteroatoms. The number of amides is 1. The Hall–Kier alpha value is -0.750. The Morgan fingerprint density at radius 2 is 2.28 bits per heavy atom. The molecule has 1 amide bonds. The zero-order chi connectivity index (χ0) is 13.2. The lowest BCUT2D eigenvalue weighted by Gasteiger charge is -2.38. The van der Waals surface area contributed by atoms with Crippen LogP contribution in [0.1, 0.15) is 25.7 Å². The van der Waals surface area contributed by atoms with Gasteiger partial charge >= 0.3 is 0 Å². The first-order valence-electron chi connectivity index (χ1n) is 6.60. The van der Waals surface area contributed by atoms with Gasteiger partial charge in [0.2, 0.25) is 11.8 Å². The fraction of sp³-hybridized carbons (Fsp3) is 0.917. The van der Waals surface area contributed by atoms with Gasteiger partial charge in [-0.25, -0.2) is 8.78 Å². The Labute approximate surface area is 106 Å². The van der Waals surface area contributed by atoms with Gasteiger partial charge in [0.15, 0.2) is 0 Å². The average Bonchev–Trinajstić information content (AvgIpc) is 2.28. The van der Waals surface area contributed by atoms with Crippen molar-refractivity contribution in [2.45, 2.75) is 37.6 Å². The molecular formula is C12H21F2N3O. The molecule has 2 fully saturated rings. The average molecular weight is 261 g/mol. The smallest absolute Gasteiger partial charge is 0.248 e. The van der Waals surface area contributed by atoms with Crippen molar-refractivity contribution in [2.24, 2.45) is 11.7 Å². The molecule has 0 radical (unpaired) electrons. The van der Waals surface area contributed by atoms with Gasteiger partial charge in [0.05, 0.1) is 0 Å². The number of nitrogens with one attached hydrogen (secondary N) is 1. The molecule has 18 heavy (non-hydrogen) atoms. The third-order valence-electron chi connectivity index (χ3n) is 3.92. The van der Waals surface area contributed by atoms with E-state index in [4.69, 9.17) is 5.73 Å². The molecule has 0 aromatic rings. The first-order valence-corrected chi connectivity index (χ1v) is 6.60. The van der Waals surface area contributed by atoms with Crippen LogP contribution in [0.2, 0.25) is 0 Å². The number of nitrogens with two attached hydrogens (primary N) is 1. The molecule has 4 nitrogen and oxygen atoms in total. The second kappa shape index (κ2) is 5.48. The second-order valence-electron chi connectivity index (χ2n) is 5.44. The highest BCUT2D eigenvalue weighted by molar-refractivity contribution is 5.80. The summed E-state index contributed by atoms with van der Waals surface area (Å²) in [5, 5.41) is 3.11. The molecule has 2 atom stereocenters. The molecule has 0 spiro atoms. The lowest BCUT2D eigenvalue weighted by Crippen LogP contribution is -2.58. The summed E-state index contributed by atoms with van der Waals surface area (Å²) in [7, 11) is 0. The minimum atomic E-state index is -2.53. The molecule has 0 bridgehead atoms. The van der Waals surface area contributed by atoms with Crippen molar-refractivity contribution < 1.29 is 13.6 Å². The minimum absolute atomic E-state index is 0.00427. The SMILES string of the molecule is NC(=O)C1CNCCN1CC1CCCC(F)(F)C1. The Bertz CT molecular complexity index is 312.